The highest BCUT2D eigenvalue weighted by molar-refractivity contribution is 5.80. The molecule has 0 atom stereocenters. The van der Waals surface area contributed by atoms with E-state index in [9.17, 15) is 0 Å². The minimum atomic E-state index is 0.590. The van der Waals surface area contributed by atoms with Crippen LogP contribution in [0.4, 0.5) is 0 Å². The molecular formula is C13H22N4O. The first-order chi connectivity index (χ1) is 8.70. The molecule has 0 aliphatic heterocycles. The molecule has 2 rings (SSSR count). The Balaban J connectivity index is 1.98. The average molecular weight is 250 g/mol. The predicted octanol–water partition coefficient (Wildman–Crippen LogP) is 1.90. The maximum atomic E-state index is 5.14. The van der Waals surface area contributed by atoms with Crippen molar-refractivity contribution in [2.24, 2.45) is 4.99 Å². The molecule has 100 valence electrons. The minimum Gasteiger partial charge on any atom is -0.361 e. The SMILES string of the molecule is CCNC(=NCc1c(C)noc1C)NC1CCC1. The number of nitrogens with one attached hydrogen (secondary N) is 2. The molecule has 0 bridgehead atoms. The number of rotatable bonds is 4. The van der Waals surface area contributed by atoms with Crippen molar-refractivity contribution in [3.05, 3.63) is 17.0 Å². The zero-order chi connectivity index (χ0) is 13.0. The van der Waals surface area contributed by atoms with Gasteiger partial charge in [0.05, 0.1) is 12.2 Å². The largest absolute Gasteiger partial charge is 0.361 e. The summed E-state index contributed by atoms with van der Waals surface area (Å²) in [6.07, 6.45) is 3.81. The first-order valence-electron chi connectivity index (χ1n) is 6.67. The number of aromatic nitrogens is 1. The second-order valence-electron chi connectivity index (χ2n) is 4.77. The lowest BCUT2D eigenvalue weighted by atomic mass is 9.93. The first kappa shape index (κ1) is 12.9. The van der Waals surface area contributed by atoms with Crippen LogP contribution in [-0.2, 0) is 6.54 Å². The van der Waals surface area contributed by atoms with Gasteiger partial charge in [-0.25, -0.2) is 4.99 Å². The van der Waals surface area contributed by atoms with Crippen LogP contribution in [0.1, 0.15) is 43.2 Å². The van der Waals surface area contributed by atoms with E-state index in [1.807, 2.05) is 13.8 Å². The minimum absolute atomic E-state index is 0.590. The fraction of sp³-hybridized carbons (Fsp3) is 0.692. The smallest absolute Gasteiger partial charge is 0.191 e. The molecule has 0 spiro atoms. The van der Waals surface area contributed by atoms with E-state index < -0.39 is 0 Å². The molecule has 5 nitrogen and oxygen atoms in total. The number of hydrogen-bond donors (Lipinski definition) is 2. The summed E-state index contributed by atoms with van der Waals surface area (Å²) in [5, 5.41) is 10.7. The van der Waals surface area contributed by atoms with Gasteiger partial charge < -0.3 is 15.2 Å². The summed E-state index contributed by atoms with van der Waals surface area (Å²) in [6, 6.07) is 0.590. The fourth-order valence-corrected chi connectivity index (χ4v) is 1.95. The molecule has 0 aromatic carbocycles. The quantitative estimate of drug-likeness (QED) is 0.633. The summed E-state index contributed by atoms with van der Waals surface area (Å²) in [6.45, 7) is 7.45. The average Bonchev–Trinajstić information content (AvgIpc) is 2.61. The van der Waals surface area contributed by atoms with Crippen molar-refractivity contribution in [1.82, 2.24) is 15.8 Å². The van der Waals surface area contributed by atoms with Gasteiger partial charge in [0.15, 0.2) is 5.96 Å². The molecule has 2 N–H and O–H groups in total. The Morgan fingerprint density at radius 1 is 1.44 bits per heavy atom. The van der Waals surface area contributed by atoms with Gasteiger partial charge in [-0.15, -0.1) is 0 Å². The van der Waals surface area contributed by atoms with E-state index in [0.717, 1.165) is 29.5 Å². The van der Waals surface area contributed by atoms with E-state index in [1.54, 1.807) is 0 Å². The van der Waals surface area contributed by atoms with E-state index >= 15 is 0 Å². The van der Waals surface area contributed by atoms with Crippen molar-refractivity contribution >= 4 is 5.96 Å². The third kappa shape index (κ3) is 3.03. The highest BCUT2D eigenvalue weighted by Crippen LogP contribution is 2.18. The van der Waals surface area contributed by atoms with Crippen LogP contribution in [0, 0.1) is 13.8 Å². The second kappa shape index (κ2) is 5.89. The first-order valence-corrected chi connectivity index (χ1v) is 6.67. The molecule has 0 radical (unpaired) electrons. The molecule has 1 aliphatic rings. The standard InChI is InChI=1S/C13H22N4O/c1-4-14-13(16-11-6-5-7-11)15-8-12-9(2)17-18-10(12)3/h11H,4-8H2,1-3H3,(H2,14,15,16). The van der Waals surface area contributed by atoms with E-state index in [0.29, 0.717) is 12.6 Å². The molecule has 5 heteroatoms. The molecule has 1 fully saturated rings. The number of hydrogen-bond acceptors (Lipinski definition) is 3. The second-order valence-corrected chi connectivity index (χ2v) is 4.77. The molecule has 0 unspecified atom stereocenters. The molecule has 1 aromatic rings. The predicted molar refractivity (Wildman–Crippen MR) is 71.6 cm³/mol. The number of aliphatic imine (C=N–C) groups is 1. The summed E-state index contributed by atoms with van der Waals surface area (Å²) < 4.78 is 5.14. The highest BCUT2D eigenvalue weighted by atomic mass is 16.5. The van der Waals surface area contributed by atoms with Crippen LogP contribution in [0.15, 0.2) is 9.52 Å². The molecule has 1 heterocycles. The molecule has 0 saturated heterocycles. The van der Waals surface area contributed by atoms with Crippen LogP contribution in [0.2, 0.25) is 0 Å². The summed E-state index contributed by atoms with van der Waals surface area (Å²) in [5.41, 5.74) is 2.01. The summed E-state index contributed by atoms with van der Waals surface area (Å²) in [4.78, 5) is 4.59. The molecule has 1 aromatic heterocycles. The van der Waals surface area contributed by atoms with Gasteiger partial charge in [0, 0.05) is 18.2 Å². The van der Waals surface area contributed by atoms with Crippen LogP contribution in [-0.4, -0.2) is 23.7 Å². The lowest BCUT2D eigenvalue weighted by molar-refractivity contribution is 0.379. The van der Waals surface area contributed by atoms with Gasteiger partial charge in [0.1, 0.15) is 5.76 Å². The van der Waals surface area contributed by atoms with Gasteiger partial charge in [-0.05, 0) is 40.0 Å². The normalized spacial score (nSPS) is 16.5. The Hall–Kier alpha value is -1.52. The van der Waals surface area contributed by atoms with E-state index in [1.165, 1.54) is 19.3 Å². The third-order valence-corrected chi connectivity index (χ3v) is 3.37. The van der Waals surface area contributed by atoms with Crippen molar-refractivity contribution in [3.63, 3.8) is 0 Å². The maximum Gasteiger partial charge on any atom is 0.191 e. The van der Waals surface area contributed by atoms with Crippen molar-refractivity contribution in [2.45, 2.75) is 52.6 Å². The van der Waals surface area contributed by atoms with Crippen molar-refractivity contribution in [2.75, 3.05) is 6.54 Å². The van der Waals surface area contributed by atoms with Gasteiger partial charge in [0.2, 0.25) is 0 Å². The molecule has 1 saturated carbocycles. The van der Waals surface area contributed by atoms with E-state index in [2.05, 4.69) is 27.7 Å². The number of guanidine groups is 1. The Labute approximate surface area is 108 Å². The Morgan fingerprint density at radius 2 is 2.22 bits per heavy atom. The highest BCUT2D eigenvalue weighted by Gasteiger charge is 2.18. The van der Waals surface area contributed by atoms with Gasteiger partial charge >= 0.3 is 0 Å². The van der Waals surface area contributed by atoms with Crippen LogP contribution in [0.3, 0.4) is 0 Å². The zero-order valence-electron chi connectivity index (χ0n) is 11.4. The van der Waals surface area contributed by atoms with Crippen LogP contribution in [0.5, 0.6) is 0 Å². The molecule has 18 heavy (non-hydrogen) atoms. The van der Waals surface area contributed by atoms with Crippen LogP contribution in [0.25, 0.3) is 0 Å². The van der Waals surface area contributed by atoms with Gasteiger partial charge in [-0.1, -0.05) is 5.16 Å². The van der Waals surface area contributed by atoms with Crippen molar-refractivity contribution in [3.8, 4) is 0 Å². The van der Waals surface area contributed by atoms with Crippen LogP contribution >= 0.6 is 0 Å². The Kier molecular flexibility index (Phi) is 4.23. The van der Waals surface area contributed by atoms with E-state index in [-0.39, 0.29) is 0 Å². The van der Waals surface area contributed by atoms with Crippen LogP contribution < -0.4 is 10.6 Å². The van der Waals surface area contributed by atoms with Gasteiger partial charge in [0.25, 0.3) is 0 Å². The fourth-order valence-electron chi connectivity index (χ4n) is 1.95. The monoisotopic (exact) mass is 250 g/mol. The molecular weight excluding hydrogens is 228 g/mol. The summed E-state index contributed by atoms with van der Waals surface area (Å²) in [7, 11) is 0. The molecule has 1 aliphatic carbocycles. The van der Waals surface area contributed by atoms with Gasteiger partial charge in [-0.3, -0.25) is 0 Å². The maximum absolute atomic E-state index is 5.14. The lowest BCUT2D eigenvalue weighted by Crippen LogP contribution is -2.46. The van der Waals surface area contributed by atoms with E-state index in [4.69, 9.17) is 4.52 Å². The molecule has 0 amide bonds. The van der Waals surface area contributed by atoms with Crippen molar-refractivity contribution < 1.29 is 4.52 Å². The van der Waals surface area contributed by atoms with Gasteiger partial charge in [-0.2, -0.15) is 0 Å². The summed E-state index contributed by atoms with van der Waals surface area (Å²) in [5.74, 6) is 1.75. The number of aryl methyl sites for hydroxylation is 2. The lowest BCUT2D eigenvalue weighted by Gasteiger charge is -2.28. The third-order valence-electron chi connectivity index (χ3n) is 3.37. The number of nitrogens with zero attached hydrogens (tertiary/aromatic N) is 2. The Morgan fingerprint density at radius 3 is 2.72 bits per heavy atom. The summed E-state index contributed by atoms with van der Waals surface area (Å²) >= 11 is 0. The topological polar surface area (TPSA) is 62.5 Å². The zero-order valence-corrected chi connectivity index (χ0v) is 11.4. The van der Waals surface area contributed by atoms with Crippen molar-refractivity contribution in [1.29, 1.82) is 0 Å². The Bertz CT molecular complexity index is 401.